The Labute approximate surface area is 112 Å². The van der Waals surface area contributed by atoms with Crippen LogP contribution in [0.5, 0.6) is 0 Å². The van der Waals surface area contributed by atoms with E-state index in [1.54, 1.807) is 0 Å². The van der Waals surface area contributed by atoms with Gasteiger partial charge in [0.25, 0.3) is 0 Å². The number of aryl methyl sites for hydroxylation is 1. The SMILES string of the molecule is O=C(CNC1CCCc2sccc21)N1CCCC1. The molecule has 1 atom stereocenters. The smallest absolute Gasteiger partial charge is 0.236 e. The number of likely N-dealkylation sites (tertiary alicyclic amines) is 1. The quantitative estimate of drug-likeness (QED) is 0.909. The molecule has 2 aliphatic rings. The maximum atomic E-state index is 12.0. The summed E-state index contributed by atoms with van der Waals surface area (Å²) in [4.78, 5) is 15.5. The van der Waals surface area contributed by atoms with E-state index in [4.69, 9.17) is 0 Å². The Hall–Kier alpha value is -0.870. The van der Waals surface area contributed by atoms with Crippen molar-refractivity contribution in [3.8, 4) is 0 Å². The van der Waals surface area contributed by atoms with E-state index >= 15 is 0 Å². The molecule has 1 unspecified atom stereocenters. The van der Waals surface area contributed by atoms with Crippen molar-refractivity contribution in [1.82, 2.24) is 10.2 Å². The van der Waals surface area contributed by atoms with E-state index in [0.717, 1.165) is 19.5 Å². The van der Waals surface area contributed by atoms with Crippen molar-refractivity contribution in [3.05, 3.63) is 21.9 Å². The van der Waals surface area contributed by atoms with Gasteiger partial charge in [-0.2, -0.15) is 0 Å². The maximum Gasteiger partial charge on any atom is 0.236 e. The Balaban J connectivity index is 1.56. The largest absolute Gasteiger partial charge is 0.342 e. The fourth-order valence-electron chi connectivity index (χ4n) is 2.99. The molecule has 4 heteroatoms. The molecular formula is C14H20N2OS. The van der Waals surface area contributed by atoms with E-state index in [2.05, 4.69) is 16.8 Å². The van der Waals surface area contributed by atoms with Crippen LogP contribution in [0.25, 0.3) is 0 Å². The highest BCUT2D eigenvalue weighted by molar-refractivity contribution is 7.10. The summed E-state index contributed by atoms with van der Waals surface area (Å²) in [6.45, 7) is 2.41. The fourth-order valence-corrected chi connectivity index (χ4v) is 3.97. The minimum atomic E-state index is 0.273. The van der Waals surface area contributed by atoms with Gasteiger partial charge in [-0.05, 0) is 49.1 Å². The highest BCUT2D eigenvalue weighted by Crippen LogP contribution is 2.33. The lowest BCUT2D eigenvalue weighted by atomic mass is 9.94. The number of hydrogen-bond acceptors (Lipinski definition) is 3. The molecule has 1 aliphatic heterocycles. The van der Waals surface area contributed by atoms with Crippen molar-refractivity contribution in [2.24, 2.45) is 0 Å². The molecule has 98 valence electrons. The summed E-state index contributed by atoms with van der Waals surface area (Å²) < 4.78 is 0. The second-order valence-electron chi connectivity index (χ2n) is 5.21. The molecule has 1 aliphatic carbocycles. The van der Waals surface area contributed by atoms with Gasteiger partial charge in [-0.15, -0.1) is 11.3 Å². The molecule has 0 bridgehead atoms. The van der Waals surface area contributed by atoms with E-state index in [9.17, 15) is 4.79 Å². The minimum absolute atomic E-state index is 0.273. The molecule has 2 heterocycles. The third-order valence-corrected chi connectivity index (χ3v) is 5.01. The standard InChI is InChI=1S/C14H20N2OS/c17-14(16-7-1-2-8-16)10-15-12-4-3-5-13-11(12)6-9-18-13/h6,9,12,15H,1-5,7-8,10H2. The zero-order valence-corrected chi connectivity index (χ0v) is 11.5. The first-order valence-corrected chi connectivity index (χ1v) is 7.80. The summed E-state index contributed by atoms with van der Waals surface area (Å²) in [6.07, 6.45) is 5.96. The van der Waals surface area contributed by atoms with Crippen molar-refractivity contribution >= 4 is 17.2 Å². The van der Waals surface area contributed by atoms with Crippen LogP contribution in [-0.2, 0) is 11.2 Å². The van der Waals surface area contributed by atoms with Gasteiger partial charge in [0.15, 0.2) is 0 Å². The molecule has 1 fully saturated rings. The van der Waals surface area contributed by atoms with Crippen molar-refractivity contribution in [2.75, 3.05) is 19.6 Å². The Morgan fingerprint density at radius 1 is 1.39 bits per heavy atom. The molecule has 0 radical (unpaired) electrons. The van der Waals surface area contributed by atoms with Crippen LogP contribution in [0.1, 0.15) is 42.2 Å². The van der Waals surface area contributed by atoms with Gasteiger partial charge in [0.05, 0.1) is 6.54 Å². The van der Waals surface area contributed by atoms with E-state index in [-0.39, 0.29) is 5.91 Å². The number of hydrogen-bond donors (Lipinski definition) is 1. The minimum Gasteiger partial charge on any atom is -0.342 e. The van der Waals surface area contributed by atoms with Crippen LogP contribution in [0.15, 0.2) is 11.4 Å². The van der Waals surface area contributed by atoms with Crippen LogP contribution < -0.4 is 5.32 Å². The van der Waals surface area contributed by atoms with Crippen LogP contribution in [0.2, 0.25) is 0 Å². The summed E-state index contributed by atoms with van der Waals surface area (Å²) in [5.74, 6) is 0.273. The van der Waals surface area contributed by atoms with Crippen LogP contribution >= 0.6 is 11.3 Å². The molecular weight excluding hydrogens is 244 g/mol. The third kappa shape index (κ3) is 2.45. The molecule has 0 saturated carbocycles. The highest BCUT2D eigenvalue weighted by atomic mass is 32.1. The number of carbonyl (C=O) groups excluding carboxylic acids is 1. The fraction of sp³-hybridized carbons (Fsp3) is 0.643. The summed E-state index contributed by atoms with van der Waals surface area (Å²) in [5, 5.41) is 5.63. The molecule has 1 aromatic heterocycles. The van der Waals surface area contributed by atoms with Gasteiger partial charge < -0.3 is 10.2 Å². The van der Waals surface area contributed by atoms with E-state index < -0.39 is 0 Å². The number of nitrogens with zero attached hydrogens (tertiary/aromatic N) is 1. The van der Waals surface area contributed by atoms with Crippen molar-refractivity contribution in [1.29, 1.82) is 0 Å². The molecule has 1 N–H and O–H groups in total. The van der Waals surface area contributed by atoms with Crippen LogP contribution in [-0.4, -0.2) is 30.4 Å². The lowest BCUT2D eigenvalue weighted by Crippen LogP contribution is -2.38. The van der Waals surface area contributed by atoms with Gasteiger partial charge in [-0.1, -0.05) is 0 Å². The van der Waals surface area contributed by atoms with Gasteiger partial charge in [0, 0.05) is 24.0 Å². The number of carbonyl (C=O) groups is 1. The predicted molar refractivity (Wildman–Crippen MR) is 73.8 cm³/mol. The maximum absolute atomic E-state index is 12.0. The molecule has 1 aromatic rings. The predicted octanol–water partition coefficient (Wildman–Crippen LogP) is 2.34. The zero-order valence-electron chi connectivity index (χ0n) is 10.7. The molecule has 0 aromatic carbocycles. The van der Waals surface area contributed by atoms with Gasteiger partial charge in [-0.25, -0.2) is 0 Å². The number of nitrogens with one attached hydrogen (secondary N) is 1. The van der Waals surface area contributed by atoms with Gasteiger partial charge in [0.1, 0.15) is 0 Å². The highest BCUT2D eigenvalue weighted by Gasteiger charge is 2.23. The van der Waals surface area contributed by atoms with Gasteiger partial charge in [0.2, 0.25) is 5.91 Å². The average molecular weight is 264 g/mol. The molecule has 18 heavy (non-hydrogen) atoms. The van der Waals surface area contributed by atoms with E-state index in [1.807, 2.05) is 16.2 Å². The van der Waals surface area contributed by atoms with Gasteiger partial charge >= 0.3 is 0 Å². The number of rotatable bonds is 3. The lowest BCUT2D eigenvalue weighted by Gasteiger charge is -2.24. The summed E-state index contributed by atoms with van der Waals surface area (Å²) >= 11 is 1.85. The summed E-state index contributed by atoms with van der Waals surface area (Å²) in [6, 6.07) is 2.61. The molecule has 3 nitrogen and oxygen atoms in total. The van der Waals surface area contributed by atoms with Crippen LogP contribution in [0, 0.1) is 0 Å². The third-order valence-electron chi connectivity index (χ3n) is 4.01. The average Bonchev–Trinajstić information content (AvgIpc) is 3.05. The normalized spacial score (nSPS) is 23.1. The molecule has 1 saturated heterocycles. The second kappa shape index (κ2) is 5.41. The first-order chi connectivity index (χ1) is 8.84. The number of thiophene rings is 1. The van der Waals surface area contributed by atoms with E-state index in [1.165, 1.54) is 36.1 Å². The Bertz CT molecular complexity index is 423. The molecule has 0 spiro atoms. The Morgan fingerprint density at radius 3 is 3.06 bits per heavy atom. The monoisotopic (exact) mass is 264 g/mol. The Morgan fingerprint density at radius 2 is 2.22 bits per heavy atom. The van der Waals surface area contributed by atoms with Crippen LogP contribution in [0.4, 0.5) is 0 Å². The van der Waals surface area contributed by atoms with Crippen LogP contribution in [0.3, 0.4) is 0 Å². The van der Waals surface area contributed by atoms with Crippen molar-refractivity contribution < 1.29 is 4.79 Å². The second-order valence-corrected chi connectivity index (χ2v) is 6.21. The van der Waals surface area contributed by atoms with E-state index in [0.29, 0.717) is 12.6 Å². The molecule has 3 rings (SSSR count). The summed E-state index contributed by atoms with van der Waals surface area (Å²) in [7, 11) is 0. The number of fused-ring (bicyclic) bond motifs is 1. The number of amides is 1. The zero-order chi connectivity index (χ0) is 12.4. The Kier molecular flexibility index (Phi) is 3.66. The first-order valence-electron chi connectivity index (χ1n) is 6.92. The van der Waals surface area contributed by atoms with Crippen molar-refractivity contribution in [2.45, 2.75) is 38.1 Å². The van der Waals surface area contributed by atoms with Crippen molar-refractivity contribution in [3.63, 3.8) is 0 Å². The summed E-state index contributed by atoms with van der Waals surface area (Å²) in [5.41, 5.74) is 1.43. The van der Waals surface area contributed by atoms with Gasteiger partial charge in [-0.3, -0.25) is 4.79 Å². The topological polar surface area (TPSA) is 32.3 Å². The molecule has 1 amide bonds. The first kappa shape index (κ1) is 12.2. The lowest BCUT2D eigenvalue weighted by molar-refractivity contribution is -0.129.